The molecular formula is C13H18O. The first-order valence-electron chi connectivity index (χ1n) is 5.99. The zero-order valence-electron chi connectivity index (χ0n) is 8.78. The van der Waals surface area contributed by atoms with Crippen LogP contribution in [0.5, 0.6) is 0 Å². The lowest BCUT2D eigenvalue weighted by Crippen LogP contribution is -2.46. The van der Waals surface area contributed by atoms with Crippen LogP contribution in [0.25, 0.3) is 0 Å². The van der Waals surface area contributed by atoms with Crippen LogP contribution >= 0.6 is 0 Å². The maximum atomic E-state index is 12.1. The molecule has 14 heavy (non-hydrogen) atoms. The predicted molar refractivity (Wildman–Crippen MR) is 55.7 cm³/mol. The van der Waals surface area contributed by atoms with E-state index in [1.807, 2.05) is 0 Å². The topological polar surface area (TPSA) is 17.1 Å². The summed E-state index contributed by atoms with van der Waals surface area (Å²) in [5, 5.41) is 0. The minimum Gasteiger partial charge on any atom is -0.299 e. The summed E-state index contributed by atoms with van der Waals surface area (Å²) in [7, 11) is 0. The van der Waals surface area contributed by atoms with Gasteiger partial charge in [-0.3, -0.25) is 4.79 Å². The van der Waals surface area contributed by atoms with Crippen LogP contribution in [0.3, 0.4) is 0 Å². The molecule has 0 aromatic carbocycles. The van der Waals surface area contributed by atoms with Gasteiger partial charge < -0.3 is 0 Å². The van der Waals surface area contributed by atoms with Crippen molar-refractivity contribution in [2.75, 3.05) is 0 Å². The highest BCUT2D eigenvalue weighted by molar-refractivity contribution is 5.85. The Bertz CT molecular complexity index is 292. The second-order valence-electron chi connectivity index (χ2n) is 5.36. The van der Waals surface area contributed by atoms with Crippen LogP contribution < -0.4 is 0 Å². The minimum absolute atomic E-state index is 0.337. The third kappa shape index (κ3) is 1.04. The average molecular weight is 190 g/mol. The Kier molecular flexibility index (Phi) is 1.83. The normalized spacial score (nSPS) is 50.6. The summed E-state index contributed by atoms with van der Waals surface area (Å²) in [6.45, 7) is 2.12. The monoisotopic (exact) mass is 190 g/mol. The van der Waals surface area contributed by atoms with Crippen LogP contribution in [0.4, 0.5) is 0 Å². The highest BCUT2D eigenvalue weighted by Gasteiger charge is 2.47. The van der Waals surface area contributed by atoms with E-state index in [1.54, 1.807) is 0 Å². The quantitative estimate of drug-likeness (QED) is 0.537. The molecule has 0 radical (unpaired) electrons. The Morgan fingerprint density at radius 2 is 1.79 bits per heavy atom. The number of Topliss-reactive ketones (excluding diaryl/α,β-unsaturated/α-hetero) is 1. The van der Waals surface area contributed by atoms with Gasteiger partial charge in [0.25, 0.3) is 0 Å². The van der Waals surface area contributed by atoms with Crippen LogP contribution in [0.15, 0.2) is 12.2 Å². The van der Waals surface area contributed by atoms with E-state index < -0.39 is 0 Å². The van der Waals surface area contributed by atoms with Gasteiger partial charge in [-0.1, -0.05) is 19.1 Å². The number of hydrogen-bond acceptors (Lipinski definition) is 1. The van der Waals surface area contributed by atoms with E-state index in [1.165, 1.54) is 19.3 Å². The Hall–Kier alpha value is -0.590. The fourth-order valence-electron chi connectivity index (χ4n) is 3.83. The molecule has 1 heteroatoms. The van der Waals surface area contributed by atoms with Gasteiger partial charge in [-0.15, -0.1) is 0 Å². The molecule has 1 nitrogen and oxygen atoms in total. The summed E-state index contributed by atoms with van der Waals surface area (Å²) in [6, 6.07) is 0. The van der Waals surface area contributed by atoms with E-state index >= 15 is 0 Å². The van der Waals surface area contributed by atoms with Crippen molar-refractivity contribution < 1.29 is 4.79 Å². The van der Waals surface area contributed by atoms with Gasteiger partial charge in [-0.25, -0.2) is 0 Å². The summed E-state index contributed by atoms with van der Waals surface area (Å²) >= 11 is 0. The highest BCUT2D eigenvalue weighted by Crippen LogP contribution is 2.50. The van der Waals surface area contributed by atoms with Gasteiger partial charge in [0.1, 0.15) is 5.78 Å². The van der Waals surface area contributed by atoms with Gasteiger partial charge in [0.05, 0.1) is 0 Å². The molecule has 5 atom stereocenters. The van der Waals surface area contributed by atoms with Gasteiger partial charge in [0, 0.05) is 11.8 Å². The van der Waals surface area contributed by atoms with E-state index in [-0.39, 0.29) is 0 Å². The molecular weight excluding hydrogens is 172 g/mol. The van der Waals surface area contributed by atoms with Crippen molar-refractivity contribution in [1.29, 1.82) is 0 Å². The summed E-state index contributed by atoms with van der Waals surface area (Å²) in [6.07, 6.45) is 9.74. The molecule has 4 aliphatic rings. The third-order valence-corrected chi connectivity index (χ3v) is 4.66. The van der Waals surface area contributed by atoms with E-state index in [0.29, 0.717) is 29.5 Å². The number of hydrogen-bond donors (Lipinski definition) is 0. The zero-order valence-corrected chi connectivity index (χ0v) is 8.78. The second-order valence-corrected chi connectivity index (χ2v) is 5.36. The van der Waals surface area contributed by atoms with Crippen LogP contribution in [0.1, 0.15) is 32.6 Å². The molecule has 4 aliphatic carbocycles. The van der Waals surface area contributed by atoms with Gasteiger partial charge >= 0.3 is 0 Å². The smallest absolute Gasteiger partial charge is 0.139 e. The molecule has 0 heterocycles. The van der Waals surface area contributed by atoms with Gasteiger partial charge in [0.15, 0.2) is 0 Å². The van der Waals surface area contributed by atoms with Crippen molar-refractivity contribution in [2.45, 2.75) is 32.6 Å². The summed E-state index contributed by atoms with van der Waals surface area (Å²) in [4.78, 5) is 12.1. The lowest BCUT2D eigenvalue weighted by Gasteiger charge is -2.48. The first-order chi connectivity index (χ1) is 6.77. The number of ketones is 1. The van der Waals surface area contributed by atoms with Gasteiger partial charge in [-0.2, -0.15) is 0 Å². The van der Waals surface area contributed by atoms with Crippen LogP contribution in [-0.4, -0.2) is 5.78 Å². The molecule has 0 saturated heterocycles. The maximum absolute atomic E-state index is 12.1. The molecule has 76 valence electrons. The van der Waals surface area contributed by atoms with E-state index in [0.717, 1.165) is 12.3 Å². The molecule has 0 spiro atoms. The number of carbonyl (C=O) groups excluding carboxylic acids is 1. The first kappa shape index (κ1) is 8.70. The number of rotatable bonds is 0. The lowest BCUT2D eigenvalue weighted by molar-refractivity contribution is -0.135. The highest BCUT2D eigenvalue weighted by atomic mass is 16.1. The second kappa shape index (κ2) is 2.95. The number of fused-ring (bicyclic) bond motifs is 1. The summed E-state index contributed by atoms with van der Waals surface area (Å²) in [5.74, 6) is 3.36. The van der Waals surface area contributed by atoms with Crippen molar-refractivity contribution in [2.24, 2.45) is 29.6 Å². The first-order valence-corrected chi connectivity index (χ1v) is 5.99. The summed E-state index contributed by atoms with van der Waals surface area (Å²) < 4.78 is 0. The molecule has 0 aromatic heterocycles. The fraction of sp³-hybridized carbons (Fsp3) is 0.769. The SMILES string of the molecule is CC1CCC2C(C1=O)[C@@H]1C=C[C@H]2CC1. The fourth-order valence-corrected chi connectivity index (χ4v) is 3.83. The third-order valence-electron chi connectivity index (χ3n) is 4.66. The van der Waals surface area contributed by atoms with Crippen LogP contribution in [0.2, 0.25) is 0 Å². The van der Waals surface area contributed by atoms with E-state index in [2.05, 4.69) is 19.1 Å². The largest absolute Gasteiger partial charge is 0.299 e. The van der Waals surface area contributed by atoms with Crippen LogP contribution in [-0.2, 0) is 4.79 Å². The standard InChI is InChI=1S/C13H18O/c1-8-2-7-11-9-3-5-10(6-4-9)12(11)13(8)14/h3,5,8-12H,2,4,6-7H2,1H3/t8?,9-,10+,11?,12?/m0/s1. The predicted octanol–water partition coefficient (Wildman–Crippen LogP) is 2.81. The number of allylic oxidation sites excluding steroid dienone is 2. The molecule has 2 fully saturated rings. The zero-order chi connectivity index (χ0) is 9.71. The average Bonchev–Trinajstić information content (AvgIpc) is 2.25. The van der Waals surface area contributed by atoms with Crippen molar-refractivity contribution in [3.8, 4) is 0 Å². The van der Waals surface area contributed by atoms with Crippen molar-refractivity contribution in [1.82, 2.24) is 0 Å². The van der Waals surface area contributed by atoms with Gasteiger partial charge in [-0.05, 0) is 43.4 Å². The lowest BCUT2D eigenvalue weighted by atomic mass is 9.56. The van der Waals surface area contributed by atoms with Gasteiger partial charge in [0.2, 0.25) is 0 Å². The Morgan fingerprint density at radius 1 is 1.07 bits per heavy atom. The summed E-state index contributed by atoms with van der Waals surface area (Å²) in [5.41, 5.74) is 0. The molecule has 3 unspecified atom stereocenters. The molecule has 4 rings (SSSR count). The molecule has 2 saturated carbocycles. The minimum atomic E-state index is 0.337. The Balaban J connectivity index is 1.95. The number of carbonyl (C=O) groups is 1. The van der Waals surface area contributed by atoms with E-state index in [9.17, 15) is 4.79 Å². The molecule has 0 aromatic rings. The molecule has 0 amide bonds. The Morgan fingerprint density at radius 3 is 2.50 bits per heavy atom. The van der Waals surface area contributed by atoms with Crippen molar-refractivity contribution in [3.63, 3.8) is 0 Å². The molecule has 0 aliphatic heterocycles. The van der Waals surface area contributed by atoms with Crippen molar-refractivity contribution >= 4 is 5.78 Å². The van der Waals surface area contributed by atoms with Crippen LogP contribution in [0, 0.1) is 29.6 Å². The van der Waals surface area contributed by atoms with E-state index in [4.69, 9.17) is 0 Å². The molecule has 0 N–H and O–H groups in total. The van der Waals surface area contributed by atoms with Crippen molar-refractivity contribution in [3.05, 3.63) is 12.2 Å². The maximum Gasteiger partial charge on any atom is 0.139 e. The Labute approximate surface area is 85.6 Å². The molecule has 2 bridgehead atoms.